The van der Waals surface area contributed by atoms with Crippen molar-refractivity contribution in [2.75, 3.05) is 20.6 Å². The maximum atomic E-state index is 12.3. The lowest BCUT2D eigenvalue weighted by Crippen LogP contribution is -2.30. The molecule has 5 nitrogen and oxygen atoms in total. The van der Waals surface area contributed by atoms with Crippen molar-refractivity contribution >= 4 is 27.3 Å². The molecule has 0 unspecified atom stereocenters. The number of hydrogen-bond acceptors (Lipinski definition) is 4. The van der Waals surface area contributed by atoms with Gasteiger partial charge < -0.3 is 4.90 Å². The minimum Gasteiger partial charge on any atom is -0.341 e. The summed E-state index contributed by atoms with van der Waals surface area (Å²) in [5, 5.41) is 1.74. The molecule has 0 N–H and O–H groups in total. The lowest BCUT2D eigenvalue weighted by molar-refractivity contribution is -0.130. The van der Waals surface area contributed by atoms with Crippen LogP contribution in [0.1, 0.15) is 24.0 Å². The van der Waals surface area contributed by atoms with Gasteiger partial charge in [-0.1, -0.05) is 30.3 Å². The zero-order chi connectivity index (χ0) is 18.4. The summed E-state index contributed by atoms with van der Waals surface area (Å²) in [6.45, 7) is 2.91. The van der Waals surface area contributed by atoms with Gasteiger partial charge in [0.2, 0.25) is 5.91 Å². The molecule has 0 aliphatic rings. The Bertz CT molecular complexity index is 801. The summed E-state index contributed by atoms with van der Waals surface area (Å²) in [6, 6.07) is 11.3. The lowest BCUT2D eigenvalue weighted by atomic mass is 10.1. The Morgan fingerprint density at radius 3 is 2.48 bits per heavy atom. The second kappa shape index (κ2) is 8.60. The summed E-state index contributed by atoms with van der Waals surface area (Å²) < 4.78 is 26.3. The highest BCUT2D eigenvalue weighted by Gasteiger charge is 2.21. The van der Waals surface area contributed by atoms with Gasteiger partial charge in [0.1, 0.15) is 4.21 Å². The molecule has 0 radical (unpaired) electrons. The average Bonchev–Trinajstić information content (AvgIpc) is 3.12. The molecule has 1 aromatic heterocycles. The second-order valence-corrected chi connectivity index (χ2v) is 9.26. The molecule has 0 aliphatic heterocycles. The third-order valence-electron chi connectivity index (χ3n) is 4.12. The molecule has 136 valence electrons. The van der Waals surface area contributed by atoms with Gasteiger partial charge in [0.25, 0.3) is 10.0 Å². The van der Waals surface area contributed by atoms with Gasteiger partial charge in [-0.15, -0.1) is 11.3 Å². The Morgan fingerprint density at radius 2 is 1.84 bits per heavy atom. The van der Waals surface area contributed by atoms with E-state index in [9.17, 15) is 13.2 Å². The topological polar surface area (TPSA) is 57.7 Å². The van der Waals surface area contributed by atoms with Gasteiger partial charge in [0.05, 0.1) is 0 Å². The molecule has 1 aromatic carbocycles. The average molecular weight is 381 g/mol. The van der Waals surface area contributed by atoms with E-state index in [0.29, 0.717) is 30.1 Å². The first-order valence-corrected chi connectivity index (χ1v) is 10.4. The number of carbonyl (C=O) groups excluding carboxylic acids is 1. The fraction of sp³-hybridized carbons (Fsp3) is 0.389. The Labute approximate surface area is 153 Å². The third kappa shape index (κ3) is 5.14. The summed E-state index contributed by atoms with van der Waals surface area (Å²) in [6.07, 6.45) is 0.824. The van der Waals surface area contributed by atoms with E-state index in [1.54, 1.807) is 36.5 Å². The highest BCUT2D eigenvalue weighted by atomic mass is 32.2. The van der Waals surface area contributed by atoms with Gasteiger partial charge in [0.15, 0.2) is 0 Å². The Hall–Kier alpha value is -1.70. The molecular weight excluding hydrogens is 356 g/mol. The minimum absolute atomic E-state index is 0.0187. The van der Waals surface area contributed by atoms with E-state index in [-0.39, 0.29) is 5.91 Å². The van der Waals surface area contributed by atoms with Crippen LogP contribution in [0.2, 0.25) is 0 Å². The molecule has 0 atom stereocenters. The highest BCUT2D eigenvalue weighted by Crippen LogP contribution is 2.20. The lowest BCUT2D eigenvalue weighted by Gasteiger charge is -2.20. The standard InChI is InChI=1S/C18H24N2O3S2/c1-15-8-4-5-9-16(15)14-19(2)17(21)10-6-12-20(3)25(22,23)18-11-7-13-24-18/h4-5,7-9,11,13H,6,10,12,14H2,1-3H3. The van der Waals surface area contributed by atoms with Crippen LogP contribution in [0.5, 0.6) is 0 Å². The normalized spacial score (nSPS) is 11.7. The molecule has 0 saturated heterocycles. The van der Waals surface area contributed by atoms with Crippen molar-refractivity contribution in [2.24, 2.45) is 0 Å². The van der Waals surface area contributed by atoms with Gasteiger partial charge >= 0.3 is 0 Å². The number of carbonyl (C=O) groups is 1. The van der Waals surface area contributed by atoms with Crippen molar-refractivity contribution in [2.45, 2.75) is 30.5 Å². The number of nitrogens with zero attached hydrogens (tertiary/aromatic N) is 2. The number of amides is 1. The summed E-state index contributed by atoms with van der Waals surface area (Å²) in [7, 11) is -0.110. The van der Waals surface area contributed by atoms with Crippen LogP contribution in [-0.4, -0.2) is 44.2 Å². The van der Waals surface area contributed by atoms with Crippen molar-refractivity contribution in [1.82, 2.24) is 9.21 Å². The fourth-order valence-corrected chi connectivity index (χ4v) is 4.87. The van der Waals surface area contributed by atoms with Crippen molar-refractivity contribution in [1.29, 1.82) is 0 Å². The van der Waals surface area contributed by atoms with E-state index < -0.39 is 10.0 Å². The molecule has 2 aromatic rings. The van der Waals surface area contributed by atoms with E-state index in [1.165, 1.54) is 15.6 Å². The summed E-state index contributed by atoms with van der Waals surface area (Å²) in [4.78, 5) is 14.0. The van der Waals surface area contributed by atoms with Crippen molar-refractivity contribution in [3.05, 3.63) is 52.9 Å². The van der Waals surface area contributed by atoms with Crippen LogP contribution in [-0.2, 0) is 21.4 Å². The fourth-order valence-electron chi connectivity index (χ4n) is 2.46. The molecule has 0 saturated carbocycles. The number of hydrogen-bond donors (Lipinski definition) is 0. The summed E-state index contributed by atoms with van der Waals surface area (Å²) in [5.74, 6) is 0.0187. The van der Waals surface area contributed by atoms with E-state index in [1.807, 2.05) is 31.2 Å². The Morgan fingerprint density at radius 1 is 1.12 bits per heavy atom. The number of sulfonamides is 1. The molecular formula is C18H24N2O3S2. The maximum absolute atomic E-state index is 12.3. The molecule has 0 aliphatic carbocycles. The largest absolute Gasteiger partial charge is 0.341 e. The summed E-state index contributed by atoms with van der Waals surface area (Å²) in [5.41, 5.74) is 2.28. The quantitative estimate of drug-likeness (QED) is 0.707. The number of thiophene rings is 1. The van der Waals surface area contributed by atoms with Crippen LogP contribution in [0.4, 0.5) is 0 Å². The van der Waals surface area contributed by atoms with Crippen LogP contribution >= 0.6 is 11.3 Å². The minimum atomic E-state index is -3.44. The maximum Gasteiger partial charge on any atom is 0.252 e. The molecule has 0 bridgehead atoms. The zero-order valence-corrected chi connectivity index (χ0v) is 16.4. The monoisotopic (exact) mass is 380 g/mol. The zero-order valence-electron chi connectivity index (χ0n) is 14.8. The molecule has 0 spiro atoms. The highest BCUT2D eigenvalue weighted by molar-refractivity contribution is 7.91. The van der Waals surface area contributed by atoms with Crippen LogP contribution in [0, 0.1) is 6.92 Å². The number of benzene rings is 1. The number of rotatable bonds is 8. The molecule has 0 fully saturated rings. The van der Waals surface area contributed by atoms with Crippen LogP contribution in [0.15, 0.2) is 46.0 Å². The smallest absolute Gasteiger partial charge is 0.252 e. The van der Waals surface area contributed by atoms with Crippen molar-refractivity contribution < 1.29 is 13.2 Å². The van der Waals surface area contributed by atoms with E-state index in [0.717, 1.165) is 11.1 Å². The second-order valence-electron chi connectivity index (χ2n) is 6.04. The Balaban J connectivity index is 1.83. The molecule has 2 rings (SSSR count). The first-order chi connectivity index (χ1) is 11.8. The predicted molar refractivity (Wildman–Crippen MR) is 101 cm³/mol. The van der Waals surface area contributed by atoms with Gasteiger partial charge in [0, 0.05) is 33.6 Å². The number of aryl methyl sites for hydroxylation is 1. The van der Waals surface area contributed by atoms with E-state index in [4.69, 9.17) is 0 Å². The van der Waals surface area contributed by atoms with Crippen molar-refractivity contribution in [3.8, 4) is 0 Å². The van der Waals surface area contributed by atoms with Gasteiger partial charge in [-0.25, -0.2) is 12.7 Å². The first kappa shape index (κ1) is 19.6. The predicted octanol–water partition coefficient (Wildman–Crippen LogP) is 3.12. The molecule has 25 heavy (non-hydrogen) atoms. The SMILES string of the molecule is Cc1ccccc1CN(C)C(=O)CCCN(C)S(=O)(=O)c1cccs1. The molecule has 1 amide bonds. The van der Waals surface area contributed by atoms with Crippen LogP contribution in [0.3, 0.4) is 0 Å². The summed E-state index contributed by atoms with van der Waals surface area (Å²) >= 11 is 1.20. The van der Waals surface area contributed by atoms with Gasteiger partial charge in [-0.05, 0) is 35.9 Å². The van der Waals surface area contributed by atoms with Gasteiger partial charge in [-0.3, -0.25) is 4.79 Å². The van der Waals surface area contributed by atoms with E-state index in [2.05, 4.69) is 0 Å². The molecule has 7 heteroatoms. The first-order valence-electron chi connectivity index (χ1n) is 8.10. The van der Waals surface area contributed by atoms with Gasteiger partial charge in [-0.2, -0.15) is 0 Å². The third-order valence-corrected chi connectivity index (χ3v) is 7.35. The van der Waals surface area contributed by atoms with Crippen molar-refractivity contribution in [3.63, 3.8) is 0 Å². The molecule has 1 heterocycles. The van der Waals surface area contributed by atoms with Crippen LogP contribution in [0.25, 0.3) is 0 Å². The Kier molecular flexibility index (Phi) is 6.75. The van der Waals surface area contributed by atoms with E-state index >= 15 is 0 Å². The van der Waals surface area contributed by atoms with Crippen LogP contribution < -0.4 is 0 Å².